The summed E-state index contributed by atoms with van der Waals surface area (Å²) in [4.78, 5) is 21.2. The van der Waals surface area contributed by atoms with Crippen molar-refractivity contribution in [1.29, 1.82) is 0 Å². The Hall–Kier alpha value is -2.21. The molecular formula is C17H16FN3OS. The van der Waals surface area contributed by atoms with Crippen LogP contribution >= 0.6 is 11.8 Å². The smallest absolute Gasteiger partial charge is 0.248 e. The zero-order valence-electron chi connectivity index (χ0n) is 12.8. The molecule has 1 aliphatic rings. The first-order valence-electron chi connectivity index (χ1n) is 7.24. The molecule has 1 aromatic carbocycles. The molecule has 0 spiro atoms. The van der Waals surface area contributed by atoms with Gasteiger partial charge in [-0.15, -0.1) is 0 Å². The van der Waals surface area contributed by atoms with Gasteiger partial charge in [-0.25, -0.2) is 4.39 Å². The van der Waals surface area contributed by atoms with Crippen LogP contribution in [0.5, 0.6) is 0 Å². The van der Waals surface area contributed by atoms with Gasteiger partial charge in [0.1, 0.15) is 10.6 Å². The number of nitrogens with zero attached hydrogens (tertiary/aromatic N) is 2. The summed E-state index contributed by atoms with van der Waals surface area (Å²) in [5.41, 5.74) is 1.59. The fraction of sp³-hybridized carbons (Fsp3) is 0.235. The van der Waals surface area contributed by atoms with Gasteiger partial charge in [0, 0.05) is 6.20 Å². The summed E-state index contributed by atoms with van der Waals surface area (Å²) in [5.74, 6) is -0.411. The first kappa shape index (κ1) is 15.7. The molecule has 6 heteroatoms. The second kappa shape index (κ2) is 6.12. The first-order chi connectivity index (χ1) is 11.0. The molecule has 0 bridgehead atoms. The lowest BCUT2D eigenvalue weighted by Gasteiger charge is -2.17. The molecule has 2 aromatic rings. The van der Waals surface area contributed by atoms with E-state index in [0.717, 1.165) is 5.56 Å². The van der Waals surface area contributed by atoms with E-state index in [2.05, 4.69) is 15.3 Å². The summed E-state index contributed by atoms with van der Waals surface area (Å²) in [7, 11) is 0. The van der Waals surface area contributed by atoms with Crippen LogP contribution in [0.15, 0.2) is 53.7 Å². The third kappa shape index (κ3) is 3.12. The number of hydrogen-bond acceptors (Lipinski definition) is 4. The van der Waals surface area contributed by atoms with Crippen LogP contribution in [-0.2, 0) is 9.54 Å². The van der Waals surface area contributed by atoms with Crippen LogP contribution in [0.2, 0.25) is 0 Å². The molecule has 3 rings (SSSR count). The van der Waals surface area contributed by atoms with Crippen LogP contribution in [-0.4, -0.2) is 16.1 Å². The van der Waals surface area contributed by atoms with Crippen LogP contribution in [0.1, 0.15) is 31.1 Å². The van der Waals surface area contributed by atoms with Crippen LogP contribution in [0.3, 0.4) is 0 Å². The van der Waals surface area contributed by atoms with Gasteiger partial charge in [0.15, 0.2) is 5.17 Å². The fourth-order valence-electron chi connectivity index (χ4n) is 2.35. The van der Waals surface area contributed by atoms with E-state index in [9.17, 15) is 9.18 Å². The number of amides is 1. The highest BCUT2D eigenvalue weighted by molar-refractivity contribution is 8.15. The van der Waals surface area contributed by atoms with Gasteiger partial charge < -0.3 is 5.32 Å². The summed E-state index contributed by atoms with van der Waals surface area (Å²) in [6.45, 7) is 3.74. The number of nitrogens with one attached hydrogen (secondary N) is 1. The maximum absolute atomic E-state index is 13.0. The quantitative estimate of drug-likeness (QED) is 0.939. The topological polar surface area (TPSA) is 54.4 Å². The molecule has 0 radical (unpaired) electrons. The predicted molar refractivity (Wildman–Crippen MR) is 89.6 cm³/mol. The first-order valence-corrected chi connectivity index (χ1v) is 8.06. The number of carbonyl (C=O) groups excluding carboxylic acids is 1. The number of hydrogen-bond donors (Lipinski definition) is 1. The normalized spacial score (nSPS) is 23.8. The second-order valence-electron chi connectivity index (χ2n) is 5.47. The largest absolute Gasteiger partial charge is 0.304 e. The van der Waals surface area contributed by atoms with Gasteiger partial charge in [0.25, 0.3) is 0 Å². The van der Waals surface area contributed by atoms with Gasteiger partial charge in [-0.1, -0.05) is 30.0 Å². The number of thioether (sulfide) groups is 1. The zero-order chi connectivity index (χ0) is 16.4. The summed E-state index contributed by atoms with van der Waals surface area (Å²) in [6.07, 6.45) is 1.67. The van der Waals surface area contributed by atoms with E-state index in [1.54, 1.807) is 18.3 Å². The summed E-state index contributed by atoms with van der Waals surface area (Å²) in [5, 5.41) is 3.37. The molecule has 1 saturated heterocycles. The van der Waals surface area contributed by atoms with Crippen molar-refractivity contribution in [3.05, 3.63) is 65.7 Å². The Balaban J connectivity index is 1.83. The highest BCUT2D eigenvalue weighted by Gasteiger charge is 2.45. The maximum atomic E-state index is 13.0. The summed E-state index contributed by atoms with van der Waals surface area (Å²) < 4.78 is 12.2. The van der Waals surface area contributed by atoms with Crippen molar-refractivity contribution in [3.8, 4) is 0 Å². The van der Waals surface area contributed by atoms with E-state index in [4.69, 9.17) is 0 Å². The second-order valence-corrected chi connectivity index (χ2v) is 6.87. The SMILES string of the molecule is CC(N=C1NC(=O)[C@](C)(c2ccccn2)S1)c1ccc(F)cc1. The lowest BCUT2D eigenvalue weighted by atomic mass is 10.1. The molecule has 0 saturated carbocycles. The van der Waals surface area contributed by atoms with Crippen molar-refractivity contribution < 1.29 is 9.18 Å². The Morgan fingerprint density at radius 2 is 2.00 bits per heavy atom. The highest BCUT2D eigenvalue weighted by atomic mass is 32.2. The van der Waals surface area contributed by atoms with Crippen LogP contribution in [0.4, 0.5) is 4.39 Å². The molecule has 4 nitrogen and oxygen atoms in total. The van der Waals surface area contributed by atoms with Gasteiger partial charge in [0.05, 0.1) is 11.7 Å². The Bertz CT molecular complexity index is 748. The third-order valence-electron chi connectivity index (χ3n) is 3.77. The molecular weight excluding hydrogens is 313 g/mol. The maximum Gasteiger partial charge on any atom is 0.248 e. The van der Waals surface area contributed by atoms with Crippen LogP contribution in [0.25, 0.3) is 0 Å². The summed E-state index contributed by atoms with van der Waals surface area (Å²) >= 11 is 1.35. The molecule has 118 valence electrons. The lowest BCUT2D eigenvalue weighted by Crippen LogP contribution is -2.32. The summed E-state index contributed by atoms with van der Waals surface area (Å²) in [6, 6.07) is 11.5. The van der Waals surface area contributed by atoms with Gasteiger partial charge in [-0.3, -0.25) is 14.8 Å². The predicted octanol–water partition coefficient (Wildman–Crippen LogP) is 3.42. The molecule has 1 aromatic heterocycles. The third-order valence-corrected chi connectivity index (χ3v) is 4.98. The Labute approximate surface area is 138 Å². The average molecular weight is 329 g/mol. The van der Waals surface area contributed by atoms with Crippen LogP contribution in [0, 0.1) is 5.82 Å². The molecule has 23 heavy (non-hydrogen) atoms. The van der Waals surface area contributed by atoms with Crippen molar-refractivity contribution in [3.63, 3.8) is 0 Å². The number of amidine groups is 1. The Kier molecular flexibility index (Phi) is 4.17. The average Bonchev–Trinajstić information content (AvgIpc) is 2.84. The number of halogens is 1. The number of carbonyl (C=O) groups is 1. The van der Waals surface area contributed by atoms with E-state index in [-0.39, 0.29) is 17.8 Å². The van der Waals surface area contributed by atoms with E-state index in [1.165, 1.54) is 23.9 Å². The van der Waals surface area contributed by atoms with Crippen molar-refractivity contribution in [1.82, 2.24) is 10.3 Å². The Morgan fingerprint density at radius 1 is 1.26 bits per heavy atom. The van der Waals surface area contributed by atoms with E-state index < -0.39 is 4.75 Å². The zero-order valence-corrected chi connectivity index (χ0v) is 13.6. The molecule has 1 aliphatic heterocycles. The molecule has 0 aliphatic carbocycles. The van der Waals surface area contributed by atoms with E-state index in [1.807, 2.05) is 32.0 Å². The number of benzene rings is 1. The van der Waals surface area contributed by atoms with E-state index in [0.29, 0.717) is 10.9 Å². The molecule has 1 N–H and O–H groups in total. The van der Waals surface area contributed by atoms with E-state index >= 15 is 0 Å². The minimum Gasteiger partial charge on any atom is -0.304 e. The monoisotopic (exact) mass is 329 g/mol. The molecule has 2 atom stereocenters. The van der Waals surface area contributed by atoms with Gasteiger partial charge in [0.2, 0.25) is 5.91 Å². The van der Waals surface area contributed by atoms with Crippen LogP contribution < -0.4 is 5.32 Å². The number of aromatic nitrogens is 1. The molecule has 1 amide bonds. The van der Waals surface area contributed by atoms with Crippen molar-refractivity contribution in [2.45, 2.75) is 24.6 Å². The fourth-order valence-corrected chi connectivity index (χ4v) is 3.46. The standard InChI is InChI=1S/C17H16FN3OS/c1-11(12-6-8-13(18)9-7-12)20-16-21-15(22)17(2,23-16)14-5-3-4-10-19-14/h3-11H,1-2H3,(H,20,21,22)/t11?,17-/m0/s1. The van der Waals surface area contributed by atoms with Gasteiger partial charge in [-0.05, 0) is 43.7 Å². The Morgan fingerprint density at radius 3 is 2.65 bits per heavy atom. The van der Waals surface area contributed by atoms with Crippen molar-refractivity contribution >= 4 is 22.8 Å². The number of pyridine rings is 1. The highest BCUT2D eigenvalue weighted by Crippen LogP contribution is 2.40. The molecule has 1 fully saturated rings. The minimum absolute atomic E-state index is 0.133. The number of rotatable bonds is 3. The minimum atomic E-state index is -0.789. The van der Waals surface area contributed by atoms with Crippen molar-refractivity contribution in [2.75, 3.05) is 0 Å². The lowest BCUT2D eigenvalue weighted by molar-refractivity contribution is -0.121. The van der Waals surface area contributed by atoms with Crippen molar-refractivity contribution in [2.24, 2.45) is 4.99 Å². The molecule has 2 heterocycles. The van der Waals surface area contributed by atoms with Gasteiger partial charge >= 0.3 is 0 Å². The molecule has 1 unspecified atom stereocenters. The number of aliphatic imine (C=N–C) groups is 1. The van der Waals surface area contributed by atoms with Gasteiger partial charge in [-0.2, -0.15) is 0 Å².